The summed E-state index contributed by atoms with van der Waals surface area (Å²) in [5.74, 6) is -0.878. The lowest BCUT2D eigenvalue weighted by atomic mass is 10.0. The second kappa shape index (κ2) is 10.6. The van der Waals surface area contributed by atoms with E-state index in [-0.39, 0.29) is 45.8 Å². The van der Waals surface area contributed by atoms with E-state index in [0.29, 0.717) is 22.3 Å². The Balaban J connectivity index is 1.60. The number of fused-ring (bicyclic) bond motifs is 2. The number of anilines is 1. The van der Waals surface area contributed by atoms with Crippen molar-refractivity contribution in [1.82, 2.24) is 34.1 Å². The molecule has 13 heteroatoms. The minimum absolute atomic E-state index is 0.0611. The Hall–Kier alpha value is -5.77. The Labute approximate surface area is 242 Å². The Morgan fingerprint density at radius 1 is 1.02 bits per heavy atom. The van der Waals surface area contributed by atoms with Crippen molar-refractivity contribution in [3.05, 3.63) is 94.4 Å². The molecule has 5 aromatic heterocycles. The van der Waals surface area contributed by atoms with Gasteiger partial charge < -0.3 is 10.5 Å². The molecule has 0 unspecified atom stereocenters. The summed E-state index contributed by atoms with van der Waals surface area (Å²) in [7, 11) is 0. The lowest BCUT2D eigenvalue weighted by molar-refractivity contribution is 0.232. The smallest absolute Gasteiger partial charge is 0.266 e. The number of rotatable bonds is 6. The number of nitrogen functional groups attached to an aromatic ring is 1. The number of pyridine rings is 2. The minimum Gasteiger partial charge on any atom is -0.474 e. The molecule has 0 spiro atoms. The van der Waals surface area contributed by atoms with Crippen LogP contribution in [0.3, 0.4) is 0 Å². The third kappa shape index (κ3) is 4.78. The van der Waals surface area contributed by atoms with E-state index >= 15 is 0 Å². The van der Waals surface area contributed by atoms with Gasteiger partial charge in [0.05, 0.1) is 28.8 Å². The zero-order chi connectivity index (χ0) is 30.4. The number of aromatic nitrogens is 7. The van der Waals surface area contributed by atoms with Crippen LogP contribution in [-0.2, 0) is 0 Å². The molecule has 11 nitrogen and oxygen atoms in total. The molecule has 0 fully saturated rings. The summed E-state index contributed by atoms with van der Waals surface area (Å²) in [4.78, 5) is 31.4. The highest BCUT2D eigenvalue weighted by molar-refractivity contribution is 5.98. The van der Waals surface area contributed by atoms with Crippen molar-refractivity contribution in [3.8, 4) is 34.3 Å². The van der Waals surface area contributed by atoms with Gasteiger partial charge in [-0.3, -0.25) is 9.20 Å². The first-order valence-corrected chi connectivity index (χ1v) is 13.2. The van der Waals surface area contributed by atoms with Gasteiger partial charge in [0.25, 0.3) is 5.56 Å². The SMILES string of the molecule is CC(C)Oc1ncc(-c2nn([C@@H](C)c3nc4ccc(F)cn4c(=O)c3-c3cccc(F)c3)c3ncnc(N)c23)cc1C#N. The summed E-state index contributed by atoms with van der Waals surface area (Å²) in [6.07, 6.45) is 3.63. The molecule has 214 valence electrons. The molecule has 5 heterocycles. The van der Waals surface area contributed by atoms with Gasteiger partial charge in [0.2, 0.25) is 5.88 Å². The van der Waals surface area contributed by atoms with Crippen molar-refractivity contribution in [2.24, 2.45) is 0 Å². The van der Waals surface area contributed by atoms with Crippen molar-refractivity contribution in [2.75, 3.05) is 5.73 Å². The molecule has 6 rings (SSSR count). The van der Waals surface area contributed by atoms with Gasteiger partial charge in [0, 0.05) is 18.0 Å². The molecule has 0 bridgehead atoms. The Bertz CT molecular complexity index is 2150. The van der Waals surface area contributed by atoms with Gasteiger partial charge in [-0.2, -0.15) is 10.4 Å². The molecule has 2 N–H and O–H groups in total. The van der Waals surface area contributed by atoms with Crippen molar-refractivity contribution in [3.63, 3.8) is 0 Å². The van der Waals surface area contributed by atoms with Gasteiger partial charge in [0.1, 0.15) is 46.8 Å². The monoisotopic (exact) mass is 579 g/mol. The number of nitrogens with zero attached hydrogens (tertiary/aromatic N) is 8. The maximum atomic E-state index is 14.3. The van der Waals surface area contributed by atoms with Crippen LogP contribution in [0.25, 0.3) is 39.1 Å². The van der Waals surface area contributed by atoms with E-state index in [1.165, 1.54) is 47.5 Å². The van der Waals surface area contributed by atoms with E-state index in [4.69, 9.17) is 20.6 Å². The van der Waals surface area contributed by atoms with E-state index in [1.54, 1.807) is 19.1 Å². The van der Waals surface area contributed by atoms with Crippen LogP contribution in [0.5, 0.6) is 5.88 Å². The van der Waals surface area contributed by atoms with E-state index in [9.17, 15) is 18.8 Å². The first kappa shape index (κ1) is 27.4. The van der Waals surface area contributed by atoms with E-state index < -0.39 is 23.2 Å². The second-order valence-corrected chi connectivity index (χ2v) is 10.0. The standard InChI is InChI=1S/C30H23F2N9O2/c1-15(2)43-29-18(11-33)9-19(12-35-29)26-24-27(34)36-14-37-28(24)41(39-26)16(3)25-23(17-5-4-6-20(31)10-17)30(42)40-13-21(32)7-8-22(40)38-25/h4-10,12-16H,1-3H3,(H2,34,36,37)/t16-/m0/s1. The number of benzene rings is 1. The van der Waals surface area contributed by atoms with Crippen molar-refractivity contribution >= 4 is 22.5 Å². The number of halogens is 2. The van der Waals surface area contributed by atoms with E-state index in [0.717, 1.165) is 10.6 Å². The van der Waals surface area contributed by atoms with Crippen LogP contribution in [0.1, 0.15) is 38.1 Å². The zero-order valence-electron chi connectivity index (χ0n) is 23.2. The second-order valence-electron chi connectivity index (χ2n) is 10.0. The number of hydrogen-bond donors (Lipinski definition) is 1. The van der Waals surface area contributed by atoms with Crippen molar-refractivity contribution in [1.29, 1.82) is 5.26 Å². The Morgan fingerprint density at radius 2 is 1.84 bits per heavy atom. The van der Waals surface area contributed by atoms with Gasteiger partial charge in [0.15, 0.2) is 5.65 Å². The minimum atomic E-state index is -0.765. The summed E-state index contributed by atoms with van der Waals surface area (Å²) in [6, 6.07) is 11.0. The summed E-state index contributed by atoms with van der Waals surface area (Å²) < 4.78 is 36.7. The molecule has 1 atom stereocenters. The fourth-order valence-electron chi connectivity index (χ4n) is 4.91. The molecule has 1 aromatic carbocycles. The molecule has 0 amide bonds. The highest BCUT2D eigenvalue weighted by atomic mass is 19.1. The van der Waals surface area contributed by atoms with Crippen molar-refractivity contribution in [2.45, 2.75) is 32.9 Å². The summed E-state index contributed by atoms with van der Waals surface area (Å²) >= 11 is 0. The average Bonchev–Trinajstić information content (AvgIpc) is 3.38. The first-order chi connectivity index (χ1) is 20.7. The number of hydrogen-bond acceptors (Lipinski definition) is 9. The normalized spacial score (nSPS) is 12.1. The van der Waals surface area contributed by atoms with Crippen LogP contribution in [-0.4, -0.2) is 40.2 Å². The maximum Gasteiger partial charge on any atom is 0.266 e. The lowest BCUT2D eigenvalue weighted by Crippen LogP contribution is -2.23. The average molecular weight is 580 g/mol. The fraction of sp³-hybridized carbons (Fsp3) is 0.167. The molecule has 6 aromatic rings. The van der Waals surface area contributed by atoms with Gasteiger partial charge in [-0.1, -0.05) is 12.1 Å². The topological polar surface area (TPSA) is 150 Å². The van der Waals surface area contributed by atoms with Crippen LogP contribution in [0, 0.1) is 23.0 Å². The lowest BCUT2D eigenvalue weighted by Gasteiger charge is -2.18. The largest absolute Gasteiger partial charge is 0.474 e. The van der Waals surface area contributed by atoms with E-state index in [1.807, 2.05) is 13.8 Å². The first-order valence-electron chi connectivity index (χ1n) is 13.2. The molecule has 0 aliphatic rings. The summed E-state index contributed by atoms with van der Waals surface area (Å²) in [5, 5.41) is 15.0. The fourth-order valence-corrected chi connectivity index (χ4v) is 4.91. The Morgan fingerprint density at radius 3 is 2.58 bits per heavy atom. The van der Waals surface area contributed by atoms with Gasteiger partial charge in [-0.25, -0.2) is 33.4 Å². The van der Waals surface area contributed by atoms with Crippen LogP contribution in [0.4, 0.5) is 14.6 Å². The van der Waals surface area contributed by atoms with Crippen LogP contribution < -0.4 is 16.0 Å². The van der Waals surface area contributed by atoms with Gasteiger partial charge in [-0.05, 0) is 56.7 Å². The number of nitriles is 1. The zero-order valence-corrected chi connectivity index (χ0v) is 23.2. The molecule has 0 saturated heterocycles. The maximum absolute atomic E-state index is 14.3. The van der Waals surface area contributed by atoms with Crippen LogP contribution in [0.2, 0.25) is 0 Å². The molecule has 0 radical (unpaired) electrons. The molecule has 43 heavy (non-hydrogen) atoms. The number of ether oxygens (including phenoxy) is 1. The third-order valence-electron chi connectivity index (χ3n) is 6.80. The van der Waals surface area contributed by atoms with Gasteiger partial charge in [-0.15, -0.1) is 0 Å². The van der Waals surface area contributed by atoms with Crippen LogP contribution in [0.15, 0.2) is 66.0 Å². The molecular weight excluding hydrogens is 556 g/mol. The third-order valence-corrected chi connectivity index (χ3v) is 6.80. The summed E-state index contributed by atoms with van der Waals surface area (Å²) in [6.45, 7) is 5.40. The van der Waals surface area contributed by atoms with Gasteiger partial charge >= 0.3 is 0 Å². The number of nitrogens with two attached hydrogens (primary N) is 1. The quantitative estimate of drug-likeness (QED) is 0.296. The molecule has 0 aliphatic carbocycles. The molecule has 0 aliphatic heterocycles. The summed E-state index contributed by atoms with van der Waals surface area (Å²) in [5.41, 5.74) is 7.77. The van der Waals surface area contributed by atoms with Crippen molar-refractivity contribution < 1.29 is 13.5 Å². The van der Waals surface area contributed by atoms with Crippen LogP contribution >= 0.6 is 0 Å². The predicted molar refractivity (Wildman–Crippen MR) is 154 cm³/mol. The highest BCUT2D eigenvalue weighted by Gasteiger charge is 2.27. The van der Waals surface area contributed by atoms with E-state index in [2.05, 4.69) is 21.0 Å². The highest BCUT2D eigenvalue weighted by Crippen LogP contribution is 2.35. The predicted octanol–water partition coefficient (Wildman–Crippen LogP) is 4.69. The molecule has 0 saturated carbocycles. The molecular formula is C30H23F2N9O2. The Kier molecular flexibility index (Phi) is 6.73.